The van der Waals surface area contributed by atoms with Crippen molar-refractivity contribution in [1.29, 1.82) is 0 Å². The Morgan fingerprint density at radius 2 is 1.95 bits per heavy atom. The first kappa shape index (κ1) is 15.6. The second-order valence-corrected chi connectivity index (χ2v) is 5.68. The van der Waals surface area contributed by atoms with Crippen LogP contribution in [0.4, 0.5) is 0 Å². The summed E-state index contributed by atoms with van der Waals surface area (Å²) in [5, 5.41) is 12.6. The van der Waals surface area contributed by atoms with Gasteiger partial charge in [-0.3, -0.25) is 10.1 Å². The van der Waals surface area contributed by atoms with Crippen LogP contribution in [0, 0.1) is 0 Å². The summed E-state index contributed by atoms with van der Waals surface area (Å²) in [6, 6.07) is 7.74. The molecule has 21 heavy (non-hydrogen) atoms. The molecule has 1 saturated carbocycles. The quantitative estimate of drug-likeness (QED) is 0.685. The number of hydrogen-bond donors (Lipinski definition) is 2. The standard InChI is InChI=1S/C16H23NO4/c1-16(15(18)19,17-12-4-5-12)10-3-11-21-14-8-6-13(20-2)7-9-14/h6-9,12,17H,3-5,10-11H2,1-2H3,(H,18,19). The molecule has 0 amide bonds. The molecule has 0 heterocycles. The van der Waals surface area contributed by atoms with Gasteiger partial charge in [-0.05, 0) is 56.9 Å². The Balaban J connectivity index is 1.75. The van der Waals surface area contributed by atoms with Gasteiger partial charge in [-0.15, -0.1) is 0 Å². The van der Waals surface area contributed by atoms with Crippen molar-refractivity contribution < 1.29 is 19.4 Å². The fourth-order valence-electron chi connectivity index (χ4n) is 2.21. The van der Waals surface area contributed by atoms with Crippen LogP contribution in [0.2, 0.25) is 0 Å². The summed E-state index contributed by atoms with van der Waals surface area (Å²) in [6.45, 7) is 2.25. The third-order valence-corrected chi connectivity index (χ3v) is 3.72. The fourth-order valence-corrected chi connectivity index (χ4v) is 2.21. The summed E-state index contributed by atoms with van der Waals surface area (Å²) in [5.74, 6) is 0.760. The number of nitrogens with one attached hydrogen (secondary N) is 1. The second-order valence-electron chi connectivity index (χ2n) is 5.68. The smallest absolute Gasteiger partial charge is 0.323 e. The zero-order valence-corrected chi connectivity index (χ0v) is 12.6. The van der Waals surface area contributed by atoms with E-state index in [4.69, 9.17) is 9.47 Å². The van der Waals surface area contributed by atoms with E-state index in [0.717, 1.165) is 24.3 Å². The summed E-state index contributed by atoms with van der Waals surface area (Å²) < 4.78 is 10.7. The maximum Gasteiger partial charge on any atom is 0.323 e. The van der Waals surface area contributed by atoms with Crippen LogP contribution in [-0.2, 0) is 4.79 Å². The van der Waals surface area contributed by atoms with Crippen LogP contribution in [0.3, 0.4) is 0 Å². The molecule has 0 saturated heterocycles. The Morgan fingerprint density at radius 3 is 2.48 bits per heavy atom. The number of rotatable bonds is 9. The summed E-state index contributed by atoms with van der Waals surface area (Å²) in [7, 11) is 1.62. The van der Waals surface area contributed by atoms with Crippen LogP contribution in [-0.4, -0.2) is 36.4 Å². The number of methoxy groups -OCH3 is 1. The minimum absolute atomic E-state index is 0.369. The molecule has 2 N–H and O–H groups in total. The molecule has 1 unspecified atom stereocenters. The highest BCUT2D eigenvalue weighted by molar-refractivity contribution is 5.78. The van der Waals surface area contributed by atoms with E-state index in [0.29, 0.717) is 25.5 Å². The molecule has 2 rings (SSSR count). The molecule has 1 aromatic carbocycles. The molecule has 0 radical (unpaired) electrons. The van der Waals surface area contributed by atoms with Gasteiger partial charge in [0.25, 0.3) is 0 Å². The van der Waals surface area contributed by atoms with E-state index in [2.05, 4.69) is 5.32 Å². The molecule has 5 heteroatoms. The molecule has 0 bridgehead atoms. The summed E-state index contributed by atoms with van der Waals surface area (Å²) >= 11 is 0. The molecule has 0 spiro atoms. The van der Waals surface area contributed by atoms with Gasteiger partial charge in [0.05, 0.1) is 13.7 Å². The monoisotopic (exact) mass is 293 g/mol. The predicted molar refractivity (Wildman–Crippen MR) is 79.9 cm³/mol. The van der Waals surface area contributed by atoms with Gasteiger partial charge >= 0.3 is 5.97 Å². The number of aliphatic carboxylic acids is 1. The third kappa shape index (κ3) is 4.63. The van der Waals surface area contributed by atoms with Gasteiger partial charge in [-0.1, -0.05) is 0 Å². The predicted octanol–water partition coefficient (Wildman–Crippen LogP) is 2.45. The number of carbonyl (C=O) groups is 1. The lowest BCUT2D eigenvalue weighted by Crippen LogP contribution is -2.50. The molecule has 116 valence electrons. The van der Waals surface area contributed by atoms with Gasteiger partial charge in [-0.2, -0.15) is 0 Å². The van der Waals surface area contributed by atoms with Crippen molar-refractivity contribution in [2.75, 3.05) is 13.7 Å². The van der Waals surface area contributed by atoms with Gasteiger partial charge in [-0.25, -0.2) is 0 Å². The first-order valence-corrected chi connectivity index (χ1v) is 7.31. The highest BCUT2D eigenvalue weighted by Crippen LogP contribution is 2.25. The molecule has 1 aliphatic carbocycles. The molecule has 0 aromatic heterocycles. The van der Waals surface area contributed by atoms with Crippen LogP contribution < -0.4 is 14.8 Å². The number of ether oxygens (including phenoxy) is 2. The average Bonchev–Trinajstić information content (AvgIpc) is 3.28. The van der Waals surface area contributed by atoms with Crippen molar-refractivity contribution >= 4 is 5.97 Å². The zero-order valence-electron chi connectivity index (χ0n) is 12.6. The van der Waals surface area contributed by atoms with Crippen molar-refractivity contribution in [2.45, 2.75) is 44.2 Å². The fraction of sp³-hybridized carbons (Fsp3) is 0.562. The lowest BCUT2D eigenvalue weighted by Gasteiger charge is -2.26. The van der Waals surface area contributed by atoms with Gasteiger partial charge in [0.2, 0.25) is 0 Å². The highest BCUT2D eigenvalue weighted by Gasteiger charge is 2.37. The van der Waals surface area contributed by atoms with Crippen molar-refractivity contribution in [3.8, 4) is 11.5 Å². The maximum atomic E-state index is 11.4. The largest absolute Gasteiger partial charge is 0.497 e. The van der Waals surface area contributed by atoms with Crippen LogP contribution in [0.15, 0.2) is 24.3 Å². The normalized spacial score (nSPS) is 17.0. The van der Waals surface area contributed by atoms with Crippen LogP contribution >= 0.6 is 0 Å². The second kappa shape index (κ2) is 6.80. The van der Waals surface area contributed by atoms with Crippen LogP contribution in [0.5, 0.6) is 11.5 Å². The van der Waals surface area contributed by atoms with Crippen molar-refractivity contribution in [3.05, 3.63) is 24.3 Å². The van der Waals surface area contributed by atoms with E-state index in [9.17, 15) is 9.90 Å². The molecular formula is C16H23NO4. The number of carboxylic acids is 1. The van der Waals surface area contributed by atoms with E-state index < -0.39 is 11.5 Å². The maximum absolute atomic E-state index is 11.4. The van der Waals surface area contributed by atoms with E-state index in [1.165, 1.54) is 0 Å². The SMILES string of the molecule is COc1ccc(OCCCC(C)(NC2CC2)C(=O)O)cc1. The van der Waals surface area contributed by atoms with Gasteiger partial charge in [0.15, 0.2) is 0 Å². The Hall–Kier alpha value is -1.75. The molecule has 1 fully saturated rings. The van der Waals surface area contributed by atoms with Gasteiger partial charge < -0.3 is 14.6 Å². The third-order valence-electron chi connectivity index (χ3n) is 3.72. The van der Waals surface area contributed by atoms with Gasteiger partial charge in [0.1, 0.15) is 17.0 Å². The number of carboxylic acid groups (broad SMARTS) is 1. The molecule has 1 aromatic rings. The first-order valence-electron chi connectivity index (χ1n) is 7.31. The Morgan fingerprint density at radius 1 is 1.33 bits per heavy atom. The first-order chi connectivity index (χ1) is 10.0. The Labute approximate surface area is 125 Å². The Bertz CT molecular complexity index is 470. The minimum Gasteiger partial charge on any atom is -0.497 e. The zero-order chi connectivity index (χ0) is 15.3. The summed E-state index contributed by atoms with van der Waals surface area (Å²) in [4.78, 5) is 11.4. The van der Waals surface area contributed by atoms with Crippen molar-refractivity contribution in [3.63, 3.8) is 0 Å². The lowest BCUT2D eigenvalue weighted by atomic mass is 9.96. The summed E-state index contributed by atoms with van der Waals surface area (Å²) in [5.41, 5.74) is -0.857. The van der Waals surface area contributed by atoms with E-state index in [-0.39, 0.29) is 0 Å². The van der Waals surface area contributed by atoms with Gasteiger partial charge in [0, 0.05) is 6.04 Å². The highest BCUT2D eigenvalue weighted by atomic mass is 16.5. The Kier molecular flexibility index (Phi) is 5.07. The number of hydrogen-bond acceptors (Lipinski definition) is 4. The van der Waals surface area contributed by atoms with E-state index in [1.807, 2.05) is 24.3 Å². The molecular weight excluding hydrogens is 270 g/mol. The molecule has 1 aliphatic rings. The van der Waals surface area contributed by atoms with E-state index in [1.54, 1.807) is 14.0 Å². The van der Waals surface area contributed by atoms with Crippen LogP contribution in [0.25, 0.3) is 0 Å². The summed E-state index contributed by atoms with van der Waals surface area (Å²) in [6.07, 6.45) is 3.39. The van der Waals surface area contributed by atoms with Crippen molar-refractivity contribution in [1.82, 2.24) is 5.32 Å². The molecule has 1 atom stereocenters. The average molecular weight is 293 g/mol. The molecule has 0 aliphatic heterocycles. The lowest BCUT2D eigenvalue weighted by molar-refractivity contribution is -0.144. The minimum atomic E-state index is -0.857. The van der Waals surface area contributed by atoms with Crippen LogP contribution in [0.1, 0.15) is 32.6 Å². The number of benzene rings is 1. The topological polar surface area (TPSA) is 67.8 Å². The molecule has 5 nitrogen and oxygen atoms in total. The van der Waals surface area contributed by atoms with E-state index >= 15 is 0 Å². The van der Waals surface area contributed by atoms with Crippen molar-refractivity contribution in [2.24, 2.45) is 0 Å².